The topological polar surface area (TPSA) is 81.2 Å². The Balaban J connectivity index is 2.30. The SMILES string of the molecule is Cc1nn(C[C@H](O)c2ccc(F)cc2F)c(C)c1[N+](=O)[O-]. The van der Waals surface area contributed by atoms with Crippen molar-refractivity contribution in [1.82, 2.24) is 9.78 Å². The van der Waals surface area contributed by atoms with Crippen molar-refractivity contribution in [2.75, 3.05) is 0 Å². The molecule has 0 bridgehead atoms. The summed E-state index contributed by atoms with van der Waals surface area (Å²) >= 11 is 0. The highest BCUT2D eigenvalue weighted by Crippen LogP contribution is 2.25. The van der Waals surface area contributed by atoms with Crippen molar-refractivity contribution < 1.29 is 18.8 Å². The van der Waals surface area contributed by atoms with Crippen molar-refractivity contribution in [1.29, 1.82) is 0 Å². The van der Waals surface area contributed by atoms with E-state index in [4.69, 9.17) is 0 Å². The van der Waals surface area contributed by atoms with Crippen LogP contribution in [-0.4, -0.2) is 19.8 Å². The number of aryl methyl sites for hydroxylation is 1. The van der Waals surface area contributed by atoms with Gasteiger partial charge in [0.25, 0.3) is 0 Å². The average Bonchev–Trinajstić information content (AvgIpc) is 2.63. The molecule has 2 rings (SSSR count). The van der Waals surface area contributed by atoms with Gasteiger partial charge in [0.15, 0.2) is 0 Å². The molecular weight excluding hydrogens is 284 g/mol. The number of hydrogen-bond acceptors (Lipinski definition) is 4. The molecule has 21 heavy (non-hydrogen) atoms. The predicted molar refractivity (Wildman–Crippen MR) is 69.7 cm³/mol. The van der Waals surface area contributed by atoms with E-state index in [-0.39, 0.29) is 29.2 Å². The first kappa shape index (κ1) is 15.0. The molecule has 0 aliphatic heterocycles. The highest BCUT2D eigenvalue weighted by atomic mass is 19.1. The van der Waals surface area contributed by atoms with E-state index >= 15 is 0 Å². The number of benzene rings is 1. The van der Waals surface area contributed by atoms with Crippen LogP contribution in [0.3, 0.4) is 0 Å². The van der Waals surface area contributed by atoms with E-state index in [1.165, 1.54) is 18.5 Å². The summed E-state index contributed by atoms with van der Waals surface area (Å²) in [7, 11) is 0. The smallest absolute Gasteiger partial charge is 0.312 e. The first-order valence-electron chi connectivity index (χ1n) is 6.12. The number of hydrogen-bond donors (Lipinski definition) is 1. The van der Waals surface area contributed by atoms with E-state index < -0.39 is 22.7 Å². The summed E-state index contributed by atoms with van der Waals surface area (Å²) in [5.41, 5.74) is 0.247. The van der Waals surface area contributed by atoms with Crippen molar-refractivity contribution in [3.8, 4) is 0 Å². The van der Waals surface area contributed by atoms with Gasteiger partial charge in [0.1, 0.15) is 29.1 Å². The molecule has 0 fully saturated rings. The highest BCUT2D eigenvalue weighted by molar-refractivity contribution is 5.39. The number of aromatic nitrogens is 2. The molecule has 1 aromatic heterocycles. The zero-order chi connectivity index (χ0) is 15.7. The van der Waals surface area contributed by atoms with Gasteiger partial charge in [-0.15, -0.1) is 0 Å². The number of aliphatic hydroxyl groups excluding tert-OH is 1. The van der Waals surface area contributed by atoms with Gasteiger partial charge in [-0.05, 0) is 19.9 Å². The molecule has 0 aliphatic carbocycles. The van der Waals surface area contributed by atoms with E-state index in [9.17, 15) is 24.0 Å². The van der Waals surface area contributed by atoms with E-state index in [0.29, 0.717) is 6.07 Å². The second kappa shape index (κ2) is 5.57. The molecule has 0 radical (unpaired) electrons. The Morgan fingerprint density at radius 2 is 2.10 bits per heavy atom. The minimum absolute atomic E-state index is 0.0911. The molecule has 6 nitrogen and oxygen atoms in total. The fourth-order valence-electron chi connectivity index (χ4n) is 2.16. The molecule has 112 valence electrons. The van der Waals surface area contributed by atoms with Gasteiger partial charge in [-0.1, -0.05) is 6.07 Å². The van der Waals surface area contributed by atoms with Gasteiger partial charge < -0.3 is 5.11 Å². The summed E-state index contributed by atoms with van der Waals surface area (Å²) in [6.45, 7) is 2.81. The number of nitrogens with zero attached hydrogens (tertiary/aromatic N) is 3. The van der Waals surface area contributed by atoms with Crippen LogP contribution in [0.25, 0.3) is 0 Å². The standard InChI is InChI=1S/C13H13F2N3O3/c1-7-13(18(20)21)8(2)17(16-7)6-12(19)10-4-3-9(14)5-11(10)15/h3-5,12,19H,6H2,1-2H3/t12-/m0/s1. The molecule has 0 spiro atoms. The lowest BCUT2D eigenvalue weighted by Crippen LogP contribution is -2.13. The van der Waals surface area contributed by atoms with Crippen molar-refractivity contribution in [3.05, 3.63) is 56.9 Å². The number of aliphatic hydroxyl groups is 1. The fraction of sp³-hybridized carbons (Fsp3) is 0.308. The Labute approximate surface area is 118 Å². The van der Waals surface area contributed by atoms with E-state index in [1.54, 1.807) is 0 Å². The third-order valence-electron chi connectivity index (χ3n) is 3.19. The van der Waals surface area contributed by atoms with Crippen LogP contribution >= 0.6 is 0 Å². The summed E-state index contributed by atoms with van der Waals surface area (Å²) in [5.74, 6) is -1.62. The van der Waals surface area contributed by atoms with Gasteiger partial charge in [0.2, 0.25) is 0 Å². The van der Waals surface area contributed by atoms with Crippen LogP contribution in [0.4, 0.5) is 14.5 Å². The molecule has 1 aromatic carbocycles. The molecular formula is C13H13F2N3O3. The second-order valence-corrected chi connectivity index (χ2v) is 4.64. The van der Waals surface area contributed by atoms with E-state index in [1.807, 2.05) is 0 Å². The van der Waals surface area contributed by atoms with Crippen LogP contribution in [0.5, 0.6) is 0 Å². The zero-order valence-corrected chi connectivity index (χ0v) is 11.4. The molecule has 8 heteroatoms. The maximum absolute atomic E-state index is 13.6. The van der Waals surface area contributed by atoms with Crippen molar-refractivity contribution >= 4 is 5.69 Å². The Kier molecular flexibility index (Phi) is 3.99. The number of halogens is 2. The monoisotopic (exact) mass is 297 g/mol. The molecule has 1 atom stereocenters. The molecule has 0 aliphatic rings. The zero-order valence-electron chi connectivity index (χ0n) is 11.4. The maximum atomic E-state index is 13.6. The highest BCUT2D eigenvalue weighted by Gasteiger charge is 2.24. The van der Waals surface area contributed by atoms with Gasteiger partial charge in [-0.2, -0.15) is 5.10 Å². The summed E-state index contributed by atoms with van der Waals surface area (Å²) in [5, 5.41) is 24.9. The van der Waals surface area contributed by atoms with Crippen LogP contribution in [0.2, 0.25) is 0 Å². The van der Waals surface area contributed by atoms with Crippen molar-refractivity contribution in [2.24, 2.45) is 0 Å². The van der Waals surface area contributed by atoms with Crippen LogP contribution < -0.4 is 0 Å². The Morgan fingerprint density at radius 3 is 2.62 bits per heavy atom. The second-order valence-electron chi connectivity index (χ2n) is 4.64. The van der Waals surface area contributed by atoms with Crippen molar-refractivity contribution in [3.63, 3.8) is 0 Å². The van der Waals surface area contributed by atoms with Gasteiger partial charge in [-0.3, -0.25) is 14.8 Å². The number of rotatable bonds is 4. The van der Waals surface area contributed by atoms with Crippen LogP contribution in [0.15, 0.2) is 18.2 Å². The lowest BCUT2D eigenvalue weighted by molar-refractivity contribution is -0.386. The average molecular weight is 297 g/mol. The quantitative estimate of drug-likeness (QED) is 0.694. The van der Waals surface area contributed by atoms with Gasteiger partial charge in [-0.25, -0.2) is 8.78 Å². The molecule has 1 N–H and O–H groups in total. The van der Waals surface area contributed by atoms with E-state index in [0.717, 1.165) is 12.1 Å². The molecule has 0 saturated carbocycles. The first-order valence-corrected chi connectivity index (χ1v) is 6.12. The van der Waals surface area contributed by atoms with Crippen LogP contribution in [-0.2, 0) is 6.54 Å². The third kappa shape index (κ3) is 2.89. The Morgan fingerprint density at radius 1 is 1.43 bits per heavy atom. The lowest BCUT2D eigenvalue weighted by atomic mass is 10.1. The summed E-state index contributed by atoms with van der Waals surface area (Å²) in [4.78, 5) is 10.3. The Bertz CT molecular complexity index is 700. The molecule has 1 heterocycles. The van der Waals surface area contributed by atoms with Crippen molar-refractivity contribution in [2.45, 2.75) is 26.5 Å². The first-order chi connectivity index (χ1) is 9.81. The Hall–Kier alpha value is -2.35. The van der Waals surface area contributed by atoms with Gasteiger partial charge in [0, 0.05) is 11.6 Å². The molecule has 2 aromatic rings. The normalized spacial score (nSPS) is 12.4. The number of nitro groups is 1. The summed E-state index contributed by atoms with van der Waals surface area (Å²) in [6.07, 6.45) is -1.29. The fourth-order valence-corrected chi connectivity index (χ4v) is 2.16. The maximum Gasteiger partial charge on any atom is 0.312 e. The van der Waals surface area contributed by atoms with Crippen LogP contribution in [0.1, 0.15) is 23.1 Å². The molecule has 0 saturated heterocycles. The largest absolute Gasteiger partial charge is 0.386 e. The van der Waals surface area contributed by atoms with Gasteiger partial charge >= 0.3 is 5.69 Å². The van der Waals surface area contributed by atoms with Crippen LogP contribution in [0, 0.1) is 35.6 Å². The van der Waals surface area contributed by atoms with Gasteiger partial charge in [0.05, 0.1) is 11.5 Å². The third-order valence-corrected chi connectivity index (χ3v) is 3.19. The molecule has 0 unspecified atom stereocenters. The summed E-state index contributed by atoms with van der Waals surface area (Å²) < 4.78 is 27.6. The minimum Gasteiger partial charge on any atom is -0.386 e. The van der Waals surface area contributed by atoms with E-state index in [2.05, 4.69) is 5.10 Å². The predicted octanol–water partition coefficient (Wildman–Crippen LogP) is 2.42. The minimum atomic E-state index is -1.29. The summed E-state index contributed by atoms with van der Waals surface area (Å²) in [6, 6.07) is 2.84. The lowest BCUT2D eigenvalue weighted by Gasteiger charge is -2.13. The molecule has 0 amide bonds.